The molecule has 13 aromatic rings. The van der Waals surface area contributed by atoms with Crippen molar-refractivity contribution >= 4 is 72.4 Å². The van der Waals surface area contributed by atoms with Gasteiger partial charge in [0.15, 0.2) is 13.9 Å². The van der Waals surface area contributed by atoms with Crippen LogP contribution in [0.4, 0.5) is 0 Å². The summed E-state index contributed by atoms with van der Waals surface area (Å²) in [5.74, 6) is 2.25. The third-order valence-corrected chi connectivity index (χ3v) is 18.7. The molecule has 0 aliphatic carbocycles. The number of hydrogen-bond acceptors (Lipinski definition) is 2. The molecule has 4 nitrogen and oxygen atoms in total. The molecule has 0 bridgehead atoms. The molecule has 10 aromatic carbocycles. The van der Waals surface area contributed by atoms with Crippen molar-refractivity contribution in [3.63, 3.8) is 0 Å². The fourth-order valence-corrected chi connectivity index (χ4v) is 15.5. The summed E-state index contributed by atoms with van der Waals surface area (Å²) in [6, 6.07) is 96.8. The van der Waals surface area contributed by atoms with Crippen LogP contribution in [-0.2, 0) is 0 Å². The van der Waals surface area contributed by atoms with Gasteiger partial charge in [-0.15, -0.1) is 0 Å². The maximum atomic E-state index is 5.57. The summed E-state index contributed by atoms with van der Waals surface area (Å²) >= 11 is 0. The number of fused-ring (bicyclic) bond motifs is 6. The molecular formula is C64H44N4Si. The van der Waals surface area contributed by atoms with Gasteiger partial charge < -0.3 is 0 Å². The van der Waals surface area contributed by atoms with Crippen molar-refractivity contribution in [2.45, 2.75) is 0 Å². The summed E-state index contributed by atoms with van der Waals surface area (Å²) in [5, 5.41) is 9.98. The number of nitrogens with zero attached hydrogens (tertiary/aromatic N) is 4. The lowest BCUT2D eigenvalue weighted by Gasteiger charge is -2.34. The van der Waals surface area contributed by atoms with Crippen molar-refractivity contribution in [1.82, 2.24) is 19.1 Å². The van der Waals surface area contributed by atoms with Gasteiger partial charge in [0.1, 0.15) is 11.6 Å². The first-order valence-corrected chi connectivity index (χ1v) is 25.6. The molecular weight excluding hydrogens is 853 g/mol. The van der Waals surface area contributed by atoms with E-state index in [4.69, 9.17) is 9.97 Å². The van der Waals surface area contributed by atoms with Gasteiger partial charge in [0.05, 0.1) is 22.1 Å². The van der Waals surface area contributed by atoms with Crippen molar-refractivity contribution in [1.29, 1.82) is 0 Å². The Hall–Kier alpha value is -8.90. The van der Waals surface area contributed by atoms with E-state index in [0.717, 1.165) is 39.3 Å². The molecule has 0 amide bonds. The molecule has 3 aromatic heterocycles. The van der Waals surface area contributed by atoms with Gasteiger partial charge in [-0.05, 0) is 79.4 Å². The summed E-state index contributed by atoms with van der Waals surface area (Å²) in [5.41, 5.74) is 10.0. The van der Waals surface area contributed by atoms with E-state index >= 15 is 0 Å². The minimum Gasteiger partial charge on any atom is -0.294 e. The van der Waals surface area contributed by atoms with Crippen molar-refractivity contribution < 1.29 is 0 Å². The first kappa shape index (κ1) is 40.4. The third kappa shape index (κ3) is 6.74. The molecule has 0 radical (unpaired) electrons. The van der Waals surface area contributed by atoms with E-state index in [-0.39, 0.29) is 0 Å². The fraction of sp³-hybridized carbons (Fsp3) is 0. The highest BCUT2D eigenvalue weighted by Gasteiger charge is 2.41. The van der Waals surface area contributed by atoms with Crippen molar-refractivity contribution in [3.8, 4) is 45.3 Å². The van der Waals surface area contributed by atoms with Crippen LogP contribution in [0.1, 0.15) is 0 Å². The van der Waals surface area contributed by atoms with Crippen LogP contribution in [0.15, 0.2) is 267 Å². The molecule has 69 heavy (non-hydrogen) atoms. The second-order valence-corrected chi connectivity index (χ2v) is 21.5. The van der Waals surface area contributed by atoms with Gasteiger partial charge in [-0.25, -0.2) is 9.97 Å². The van der Waals surface area contributed by atoms with E-state index in [1.54, 1.807) is 0 Å². The van der Waals surface area contributed by atoms with E-state index < -0.39 is 8.07 Å². The molecule has 0 unspecified atom stereocenters. The molecule has 0 saturated carbocycles. The number of rotatable bonds is 9. The average Bonchev–Trinajstić information content (AvgIpc) is 3.95. The van der Waals surface area contributed by atoms with Crippen LogP contribution in [0.2, 0.25) is 0 Å². The van der Waals surface area contributed by atoms with Gasteiger partial charge in [-0.1, -0.05) is 224 Å². The normalized spacial score (nSPS) is 11.8. The second-order valence-electron chi connectivity index (χ2n) is 17.7. The number of para-hydroxylation sites is 2. The Morgan fingerprint density at radius 3 is 1.00 bits per heavy atom. The van der Waals surface area contributed by atoms with Crippen molar-refractivity contribution in [2.75, 3.05) is 0 Å². The zero-order valence-corrected chi connectivity index (χ0v) is 38.7. The average molecular weight is 897 g/mol. The number of aromatic nitrogens is 4. The first-order chi connectivity index (χ1) is 34.2. The lowest BCUT2D eigenvalue weighted by atomic mass is 10.0. The topological polar surface area (TPSA) is 35.6 Å². The summed E-state index contributed by atoms with van der Waals surface area (Å²) in [6.45, 7) is 0. The molecule has 324 valence electrons. The lowest BCUT2D eigenvalue weighted by molar-refractivity contribution is 0.994. The summed E-state index contributed by atoms with van der Waals surface area (Å²) in [7, 11) is -2.76. The molecule has 0 spiro atoms. The summed E-state index contributed by atoms with van der Waals surface area (Å²) in [6.07, 6.45) is 0. The third-order valence-electron chi connectivity index (χ3n) is 13.9. The standard InChI is InChI=1S/C64H44N4Si/c1-6-20-45(21-7-1)48-36-40-60-56(42-48)54-30-16-18-32-58(54)67(60)62-44-63(68-59-33-19-17-31-55(59)57-43-49(37-41-61(57)68)46-22-8-2-9-23-46)66-64(65-62)47-34-38-53(39-35-47)69(50-24-10-3-11-25-50,51-26-12-4-13-27-51)52-28-14-5-15-29-52/h1-44H. The van der Waals surface area contributed by atoms with Gasteiger partial charge in [-0.2, -0.15) is 0 Å². The zero-order valence-electron chi connectivity index (χ0n) is 37.7. The van der Waals surface area contributed by atoms with Gasteiger partial charge >= 0.3 is 0 Å². The SMILES string of the molecule is c1ccc(-c2ccc3c(c2)c2ccccc2n3-c2cc(-n3c4ccccc4c4cc(-c5ccccc5)ccc43)nc(-c3ccc([Si](c4ccccc4)(c4ccccc4)c4ccccc4)cc3)n2)cc1. The predicted octanol–water partition coefficient (Wildman–Crippen LogP) is 13.0. The highest BCUT2D eigenvalue weighted by Crippen LogP contribution is 2.38. The molecule has 0 aliphatic heterocycles. The van der Waals surface area contributed by atoms with Gasteiger partial charge in [0.25, 0.3) is 0 Å². The Kier molecular flexibility index (Phi) is 9.81. The van der Waals surface area contributed by atoms with Crippen LogP contribution in [0.25, 0.3) is 88.9 Å². The Morgan fingerprint density at radius 2 is 0.580 bits per heavy atom. The Bertz CT molecular complexity index is 3710. The minimum absolute atomic E-state index is 0.652. The van der Waals surface area contributed by atoms with Crippen LogP contribution in [0, 0.1) is 0 Å². The smallest absolute Gasteiger partial charge is 0.179 e. The fourth-order valence-electron chi connectivity index (χ4n) is 10.8. The van der Waals surface area contributed by atoms with Gasteiger partial charge in [0.2, 0.25) is 0 Å². The molecule has 0 aliphatic rings. The lowest BCUT2D eigenvalue weighted by Crippen LogP contribution is -2.74. The maximum Gasteiger partial charge on any atom is 0.179 e. The molecule has 5 heteroatoms. The summed E-state index contributed by atoms with van der Waals surface area (Å²) in [4.78, 5) is 11.1. The number of hydrogen-bond donors (Lipinski definition) is 0. The largest absolute Gasteiger partial charge is 0.294 e. The van der Waals surface area contributed by atoms with Crippen molar-refractivity contribution in [2.24, 2.45) is 0 Å². The van der Waals surface area contributed by atoms with Crippen LogP contribution < -0.4 is 20.7 Å². The highest BCUT2D eigenvalue weighted by atomic mass is 28.3. The Balaban J connectivity index is 1.06. The van der Waals surface area contributed by atoms with E-state index in [9.17, 15) is 0 Å². The molecule has 0 atom stereocenters. The van der Waals surface area contributed by atoms with Crippen molar-refractivity contribution in [3.05, 3.63) is 267 Å². The van der Waals surface area contributed by atoms with Crippen LogP contribution >= 0.6 is 0 Å². The second kappa shape index (κ2) is 16.8. The molecule has 0 saturated heterocycles. The minimum atomic E-state index is -2.76. The quantitative estimate of drug-likeness (QED) is 0.107. The molecule has 3 heterocycles. The van der Waals surface area contributed by atoms with E-state index in [0.29, 0.717) is 5.82 Å². The number of benzene rings is 10. The van der Waals surface area contributed by atoms with Crippen LogP contribution in [-0.4, -0.2) is 27.2 Å². The van der Waals surface area contributed by atoms with E-state index in [1.807, 2.05) is 0 Å². The van der Waals surface area contributed by atoms with Gasteiger partial charge in [-0.3, -0.25) is 9.13 Å². The van der Waals surface area contributed by atoms with Crippen LogP contribution in [0.3, 0.4) is 0 Å². The molecule has 0 N–H and O–H groups in total. The van der Waals surface area contributed by atoms with Gasteiger partial charge in [0, 0.05) is 33.2 Å². The summed E-state index contributed by atoms with van der Waals surface area (Å²) < 4.78 is 4.64. The predicted molar refractivity (Wildman–Crippen MR) is 291 cm³/mol. The highest BCUT2D eigenvalue weighted by molar-refractivity contribution is 7.19. The maximum absolute atomic E-state index is 5.57. The Morgan fingerprint density at radius 1 is 0.246 bits per heavy atom. The molecule has 13 rings (SSSR count). The first-order valence-electron chi connectivity index (χ1n) is 23.6. The van der Waals surface area contributed by atoms with E-state index in [1.165, 1.54) is 64.5 Å². The Labute approximate surface area is 401 Å². The monoisotopic (exact) mass is 896 g/mol. The molecule has 0 fully saturated rings. The van der Waals surface area contributed by atoms with E-state index in [2.05, 4.69) is 276 Å². The zero-order chi connectivity index (χ0) is 45.7. The van der Waals surface area contributed by atoms with Crippen LogP contribution in [0.5, 0.6) is 0 Å².